The summed E-state index contributed by atoms with van der Waals surface area (Å²) in [5.74, 6) is 1.79. The van der Waals surface area contributed by atoms with Crippen LogP contribution in [0.3, 0.4) is 0 Å². The highest BCUT2D eigenvalue weighted by atomic mass is 127. The normalized spacial score (nSPS) is 14.6. The van der Waals surface area contributed by atoms with Crippen molar-refractivity contribution < 1.29 is 13.9 Å². The lowest BCUT2D eigenvalue weighted by Crippen LogP contribution is -2.54. The lowest BCUT2D eigenvalue weighted by atomic mass is 10.3. The van der Waals surface area contributed by atoms with Gasteiger partial charge in [0.1, 0.15) is 5.76 Å². The van der Waals surface area contributed by atoms with E-state index in [0.717, 1.165) is 43.3 Å². The third-order valence-corrected chi connectivity index (χ3v) is 3.84. The summed E-state index contributed by atoms with van der Waals surface area (Å²) in [6, 6.07) is 3.85. The van der Waals surface area contributed by atoms with Crippen molar-refractivity contribution in [3.05, 3.63) is 36.3 Å². The molecule has 0 aliphatic carbocycles. The van der Waals surface area contributed by atoms with Crippen molar-refractivity contribution in [2.45, 2.75) is 20.3 Å². The van der Waals surface area contributed by atoms with E-state index < -0.39 is 0 Å². The molecule has 1 aliphatic heterocycles. The maximum atomic E-state index is 11.8. The fraction of sp³-hybridized carbons (Fsp3) is 0.556. The van der Waals surface area contributed by atoms with Crippen LogP contribution in [0.25, 0.3) is 0 Å². The number of nitrogens with one attached hydrogen (secondary N) is 1. The molecule has 1 fully saturated rings. The molecule has 0 bridgehead atoms. The average Bonchev–Trinajstić information content (AvgIpc) is 3.11. The second-order valence-corrected chi connectivity index (χ2v) is 6.03. The maximum absolute atomic E-state index is 11.8. The van der Waals surface area contributed by atoms with Crippen LogP contribution in [-0.2, 0) is 11.2 Å². The smallest absolute Gasteiger partial charge is 0.409 e. The topological polar surface area (TPSA) is 70.3 Å². The highest BCUT2D eigenvalue weighted by Crippen LogP contribution is 2.06. The first-order valence-corrected chi connectivity index (χ1v) is 8.72. The number of piperazine rings is 1. The molecule has 1 aromatic rings. The summed E-state index contributed by atoms with van der Waals surface area (Å²) in [7, 11) is 0. The molecular formula is C18H29IN4O3. The highest BCUT2D eigenvalue weighted by molar-refractivity contribution is 14.0. The number of ether oxygens (including phenoxy) is 1. The van der Waals surface area contributed by atoms with Crippen LogP contribution in [0.5, 0.6) is 0 Å². The second kappa shape index (κ2) is 11.8. The van der Waals surface area contributed by atoms with E-state index in [1.54, 1.807) is 11.2 Å². The van der Waals surface area contributed by atoms with Crippen molar-refractivity contribution in [3.63, 3.8) is 0 Å². The molecule has 1 saturated heterocycles. The molecule has 0 radical (unpaired) electrons. The van der Waals surface area contributed by atoms with E-state index in [4.69, 9.17) is 9.15 Å². The van der Waals surface area contributed by atoms with Gasteiger partial charge in [-0.15, -0.1) is 24.0 Å². The van der Waals surface area contributed by atoms with Crippen LogP contribution in [0.2, 0.25) is 0 Å². The summed E-state index contributed by atoms with van der Waals surface area (Å²) in [4.78, 5) is 20.4. The van der Waals surface area contributed by atoms with E-state index in [1.807, 2.05) is 26.0 Å². The van der Waals surface area contributed by atoms with Crippen LogP contribution in [-0.4, -0.2) is 67.7 Å². The Kier molecular flexibility index (Phi) is 10.2. The zero-order valence-corrected chi connectivity index (χ0v) is 17.9. The van der Waals surface area contributed by atoms with Gasteiger partial charge in [0.05, 0.1) is 19.4 Å². The van der Waals surface area contributed by atoms with Crippen molar-refractivity contribution in [2.75, 3.05) is 45.9 Å². The molecule has 1 N–H and O–H groups in total. The van der Waals surface area contributed by atoms with Gasteiger partial charge in [0.25, 0.3) is 0 Å². The van der Waals surface area contributed by atoms with Crippen molar-refractivity contribution >= 4 is 36.0 Å². The largest absolute Gasteiger partial charge is 0.469 e. The van der Waals surface area contributed by atoms with Gasteiger partial charge in [-0.05, 0) is 26.0 Å². The zero-order chi connectivity index (χ0) is 18.1. The molecule has 146 valence electrons. The molecule has 1 aromatic heterocycles. The zero-order valence-electron chi connectivity index (χ0n) is 15.6. The van der Waals surface area contributed by atoms with Crippen molar-refractivity contribution in [1.29, 1.82) is 0 Å². The Morgan fingerprint density at radius 1 is 1.35 bits per heavy atom. The minimum atomic E-state index is -0.242. The number of hydrogen-bond donors (Lipinski definition) is 1. The number of hydrogen-bond acceptors (Lipinski definition) is 4. The second-order valence-electron chi connectivity index (χ2n) is 6.03. The predicted octanol–water partition coefficient (Wildman–Crippen LogP) is 2.74. The molecule has 0 spiro atoms. The predicted molar refractivity (Wildman–Crippen MR) is 113 cm³/mol. The third-order valence-electron chi connectivity index (χ3n) is 3.84. The van der Waals surface area contributed by atoms with Gasteiger partial charge in [-0.2, -0.15) is 0 Å². The summed E-state index contributed by atoms with van der Waals surface area (Å²) < 4.78 is 10.4. The Bertz CT molecular complexity index is 581. The quantitative estimate of drug-likeness (QED) is 0.296. The van der Waals surface area contributed by atoms with Crippen molar-refractivity contribution in [3.8, 4) is 0 Å². The van der Waals surface area contributed by atoms with E-state index in [0.29, 0.717) is 26.2 Å². The van der Waals surface area contributed by atoms with E-state index in [2.05, 4.69) is 21.8 Å². The van der Waals surface area contributed by atoms with Crippen molar-refractivity contribution in [2.24, 2.45) is 4.99 Å². The van der Waals surface area contributed by atoms with Gasteiger partial charge in [0.2, 0.25) is 0 Å². The van der Waals surface area contributed by atoms with Gasteiger partial charge in [-0.25, -0.2) is 9.79 Å². The lowest BCUT2D eigenvalue weighted by Gasteiger charge is -2.36. The SMILES string of the molecule is C=C(C)CN=C(NCCc1ccco1)N1CCN(C(=O)OCC)CC1.I. The lowest BCUT2D eigenvalue weighted by molar-refractivity contribution is 0.0914. The molecule has 1 amide bonds. The summed E-state index contributed by atoms with van der Waals surface area (Å²) in [5, 5.41) is 3.39. The molecule has 2 rings (SSSR count). The first kappa shape index (κ1) is 22.3. The molecular weight excluding hydrogens is 447 g/mol. The summed E-state index contributed by atoms with van der Waals surface area (Å²) in [6.07, 6.45) is 2.23. The van der Waals surface area contributed by atoms with Gasteiger partial charge in [-0.1, -0.05) is 12.2 Å². The molecule has 0 aromatic carbocycles. The van der Waals surface area contributed by atoms with Crippen molar-refractivity contribution in [1.82, 2.24) is 15.1 Å². The molecule has 8 heteroatoms. The van der Waals surface area contributed by atoms with E-state index in [1.165, 1.54) is 0 Å². The molecule has 7 nitrogen and oxygen atoms in total. The molecule has 1 aliphatic rings. The maximum Gasteiger partial charge on any atom is 0.409 e. The summed E-state index contributed by atoms with van der Waals surface area (Å²) >= 11 is 0. The monoisotopic (exact) mass is 476 g/mol. The van der Waals surface area contributed by atoms with Gasteiger partial charge in [-0.3, -0.25) is 0 Å². The fourth-order valence-electron chi connectivity index (χ4n) is 2.55. The van der Waals surface area contributed by atoms with E-state index in [9.17, 15) is 4.79 Å². The number of guanidine groups is 1. The Morgan fingerprint density at radius 2 is 2.04 bits per heavy atom. The number of aliphatic imine (C=N–C) groups is 1. The van der Waals surface area contributed by atoms with E-state index in [-0.39, 0.29) is 30.1 Å². The molecule has 26 heavy (non-hydrogen) atoms. The first-order chi connectivity index (χ1) is 12.1. The number of carbonyl (C=O) groups excluding carboxylic acids is 1. The number of furan rings is 1. The van der Waals surface area contributed by atoms with Crippen LogP contribution in [0.1, 0.15) is 19.6 Å². The minimum Gasteiger partial charge on any atom is -0.469 e. The Balaban J connectivity index is 0.00000338. The van der Waals surface area contributed by atoms with Gasteiger partial charge in [0, 0.05) is 39.1 Å². The van der Waals surface area contributed by atoms with Gasteiger partial charge in [0.15, 0.2) is 5.96 Å². The number of amides is 1. The summed E-state index contributed by atoms with van der Waals surface area (Å²) in [5.41, 5.74) is 1.01. The Hall–Kier alpha value is -1.71. The highest BCUT2D eigenvalue weighted by Gasteiger charge is 2.23. The van der Waals surface area contributed by atoms with Gasteiger partial charge >= 0.3 is 6.09 Å². The molecule has 0 saturated carbocycles. The van der Waals surface area contributed by atoms with Crippen LogP contribution in [0.4, 0.5) is 4.79 Å². The fourth-order valence-corrected chi connectivity index (χ4v) is 2.55. The van der Waals surface area contributed by atoms with E-state index >= 15 is 0 Å². The number of rotatable bonds is 6. The van der Waals surface area contributed by atoms with Gasteiger partial charge < -0.3 is 24.3 Å². The molecule has 2 heterocycles. The number of halogens is 1. The molecule has 0 unspecified atom stereocenters. The molecule has 0 atom stereocenters. The Labute approximate surface area is 172 Å². The van der Waals surface area contributed by atoms with Crippen LogP contribution in [0, 0.1) is 0 Å². The number of carbonyl (C=O) groups is 1. The van der Waals surface area contributed by atoms with Crippen LogP contribution >= 0.6 is 24.0 Å². The third kappa shape index (κ3) is 7.27. The standard InChI is InChI=1S/C18H28N4O3.HI/c1-4-24-18(23)22-11-9-21(10-12-22)17(20-14-15(2)3)19-8-7-16-6-5-13-25-16;/h5-6,13H,2,4,7-12,14H2,1,3H3,(H,19,20);1H. The average molecular weight is 476 g/mol. The van der Waals surface area contributed by atoms with Crippen LogP contribution < -0.4 is 5.32 Å². The number of nitrogens with zero attached hydrogens (tertiary/aromatic N) is 3. The summed E-state index contributed by atoms with van der Waals surface area (Å²) in [6.45, 7) is 12.1. The minimum absolute atomic E-state index is 0. The van der Waals surface area contributed by atoms with Crippen LogP contribution in [0.15, 0.2) is 40.0 Å². The first-order valence-electron chi connectivity index (χ1n) is 8.72. The Morgan fingerprint density at radius 3 is 2.62 bits per heavy atom.